The number of anilines is 3. The van der Waals surface area contributed by atoms with E-state index in [1.165, 1.54) is 58.4 Å². The highest BCUT2D eigenvalue weighted by Crippen LogP contribution is 2.49. The van der Waals surface area contributed by atoms with Gasteiger partial charge in [-0.3, -0.25) is 0 Å². The second kappa shape index (κ2) is 10.6. The molecule has 0 aliphatic rings. The normalized spacial score (nSPS) is 12.0. The van der Waals surface area contributed by atoms with Gasteiger partial charge in [-0.05, 0) is 77.5 Å². The molecule has 0 bridgehead atoms. The number of thiophene rings is 1. The predicted molar refractivity (Wildman–Crippen MR) is 213 cm³/mol. The van der Waals surface area contributed by atoms with E-state index in [0.717, 1.165) is 39.0 Å². The number of aromatic nitrogens is 1. The molecule has 11 rings (SSSR count). The third-order valence-corrected chi connectivity index (χ3v) is 11.4. The van der Waals surface area contributed by atoms with Gasteiger partial charge in [-0.1, -0.05) is 103 Å². The zero-order chi connectivity index (χ0) is 32.8. The van der Waals surface area contributed by atoms with E-state index < -0.39 is 0 Å². The van der Waals surface area contributed by atoms with Crippen LogP contribution in [0.3, 0.4) is 0 Å². The topological polar surface area (TPSA) is 21.3 Å². The Morgan fingerprint density at radius 1 is 0.460 bits per heavy atom. The van der Waals surface area contributed by atoms with E-state index in [0.29, 0.717) is 0 Å². The van der Waals surface area contributed by atoms with Gasteiger partial charge in [0.2, 0.25) is 0 Å². The van der Waals surface area contributed by atoms with Crippen molar-refractivity contribution in [3.05, 3.63) is 170 Å². The summed E-state index contributed by atoms with van der Waals surface area (Å²) in [5.74, 6) is 0. The van der Waals surface area contributed by atoms with Crippen molar-refractivity contribution in [1.29, 1.82) is 0 Å². The van der Waals surface area contributed by atoms with Crippen LogP contribution in [0.15, 0.2) is 174 Å². The lowest BCUT2D eigenvalue weighted by Crippen LogP contribution is -2.10. The molecule has 0 aliphatic carbocycles. The number of furan rings is 1. The maximum atomic E-state index is 6.27. The van der Waals surface area contributed by atoms with Crippen molar-refractivity contribution in [2.75, 3.05) is 4.90 Å². The molecule has 0 amide bonds. The fraction of sp³-hybridized carbons (Fsp3) is 0. The van der Waals surface area contributed by atoms with Crippen LogP contribution >= 0.6 is 11.3 Å². The number of rotatable bonds is 4. The van der Waals surface area contributed by atoms with Crippen LogP contribution < -0.4 is 4.90 Å². The largest absolute Gasteiger partial charge is 0.456 e. The number of para-hydroxylation sites is 3. The smallest absolute Gasteiger partial charge is 0.136 e. The van der Waals surface area contributed by atoms with Gasteiger partial charge in [0.25, 0.3) is 0 Å². The molecule has 0 spiro atoms. The summed E-state index contributed by atoms with van der Waals surface area (Å²) in [6.07, 6.45) is 0. The second-order valence-corrected chi connectivity index (χ2v) is 13.9. The van der Waals surface area contributed by atoms with Crippen LogP contribution in [0.1, 0.15) is 0 Å². The van der Waals surface area contributed by atoms with E-state index in [1.54, 1.807) is 0 Å². The van der Waals surface area contributed by atoms with Crippen molar-refractivity contribution in [2.24, 2.45) is 0 Å². The number of hydrogen-bond donors (Lipinski definition) is 0. The van der Waals surface area contributed by atoms with E-state index in [1.807, 2.05) is 17.4 Å². The molecule has 0 atom stereocenters. The maximum Gasteiger partial charge on any atom is 0.136 e. The Morgan fingerprint density at radius 2 is 1.18 bits per heavy atom. The monoisotopic (exact) mass is 656 g/mol. The van der Waals surface area contributed by atoms with Crippen LogP contribution in [0.2, 0.25) is 0 Å². The third kappa shape index (κ3) is 3.91. The van der Waals surface area contributed by atoms with Crippen molar-refractivity contribution in [3.63, 3.8) is 0 Å². The molecular formula is C46H28N2OS. The van der Waals surface area contributed by atoms with Gasteiger partial charge in [0.1, 0.15) is 11.2 Å². The molecule has 0 saturated heterocycles. The summed E-state index contributed by atoms with van der Waals surface area (Å²) in [6, 6.07) is 61.3. The van der Waals surface area contributed by atoms with Crippen molar-refractivity contribution < 1.29 is 4.42 Å². The molecular weight excluding hydrogens is 629 g/mol. The summed E-state index contributed by atoms with van der Waals surface area (Å²) in [6.45, 7) is 0. The van der Waals surface area contributed by atoms with E-state index in [-0.39, 0.29) is 0 Å². The van der Waals surface area contributed by atoms with Crippen LogP contribution in [-0.2, 0) is 0 Å². The molecule has 11 aromatic rings. The summed E-state index contributed by atoms with van der Waals surface area (Å²) in [5.41, 5.74) is 8.77. The van der Waals surface area contributed by atoms with Gasteiger partial charge in [0.15, 0.2) is 0 Å². The quantitative estimate of drug-likeness (QED) is 0.188. The average molecular weight is 657 g/mol. The molecule has 3 nitrogen and oxygen atoms in total. The summed E-state index contributed by atoms with van der Waals surface area (Å²) in [4.78, 5) is 2.49. The van der Waals surface area contributed by atoms with E-state index in [9.17, 15) is 0 Å². The first-order valence-electron chi connectivity index (χ1n) is 16.9. The highest BCUT2D eigenvalue weighted by atomic mass is 32.1. The summed E-state index contributed by atoms with van der Waals surface area (Å²) in [7, 11) is 0. The van der Waals surface area contributed by atoms with E-state index in [4.69, 9.17) is 4.42 Å². The first-order chi connectivity index (χ1) is 24.8. The Balaban J connectivity index is 1.25. The Morgan fingerprint density at radius 3 is 2.10 bits per heavy atom. The number of nitrogens with zero attached hydrogens (tertiary/aromatic N) is 2. The van der Waals surface area contributed by atoms with E-state index >= 15 is 0 Å². The van der Waals surface area contributed by atoms with Crippen LogP contribution in [0.5, 0.6) is 0 Å². The van der Waals surface area contributed by atoms with Gasteiger partial charge in [-0.2, -0.15) is 0 Å². The molecule has 0 saturated carbocycles. The number of benzene rings is 8. The third-order valence-electron chi connectivity index (χ3n) is 10.2. The Hall–Kier alpha value is -6.36. The molecule has 8 aromatic carbocycles. The van der Waals surface area contributed by atoms with Gasteiger partial charge < -0.3 is 13.9 Å². The first-order valence-corrected chi connectivity index (χ1v) is 17.8. The number of fused-ring (bicyclic) bond motifs is 11. The molecule has 4 heteroatoms. The van der Waals surface area contributed by atoms with Crippen molar-refractivity contribution in [1.82, 2.24) is 4.57 Å². The molecule has 0 N–H and O–H groups in total. The molecule has 0 fully saturated rings. The van der Waals surface area contributed by atoms with Crippen molar-refractivity contribution in [3.8, 4) is 5.69 Å². The number of hydrogen-bond acceptors (Lipinski definition) is 3. The molecule has 3 heterocycles. The Labute approximate surface area is 291 Å². The van der Waals surface area contributed by atoms with Crippen molar-refractivity contribution in [2.45, 2.75) is 0 Å². The van der Waals surface area contributed by atoms with Crippen LogP contribution in [-0.4, -0.2) is 4.57 Å². The van der Waals surface area contributed by atoms with Crippen LogP contribution in [0.25, 0.3) is 80.4 Å². The minimum Gasteiger partial charge on any atom is -0.456 e. The fourth-order valence-electron chi connectivity index (χ4n) is 8.04. The Kier molecular flexibility index (Phi) is 5.83. The van der Waals surface area contributed by atoms with Gasteiger partial charge >= 0.3 is 0 Å². The standard InChI is InChI=1S/C46H28N2OS/c1-2-12-30(13-3-1)47-37-18-7-4-15-35(37)45-38(47)19-11-20-39(45)48(40-21-10-17-34-33-14-6-9-23-43(33)50-46(34)40)31-25-26-32-29(28-31)24-27-42-44(32)36-16-5-8-22-41(36)49-42/h1-28H. The Bertz CT molecular complexity index is 3110. The van der Waals surface area contributed by atoms with E-state index in [2.05, 4.69) is 173 Å². The van der Waals surface area contributed by atoms with Gasteiger partial charge in [-0.15, -0.1) is 11.3 Å². The molecule has 3 aromatic heterocycles. The highest BCUT2D eigenvalue weighted by Gasteiger charge is 2.24. The average Bonchev–Trinajstić information content (AvgIpc) is 3.86. The molecule has 234 valence electrons. The zero-order valence-electron chi connectivity index (χ0n) is 26.9. The first kappa shape index (κ1) is 27.6. The lowest BCUT2D eigenvalue weighted by molar-refractivity contribution is 0.669. The van der Waals surface area contributed by atoms with Gasteiger partial charge in [0, 0.05) is 48.4 Å². The summed E-state index contributed by atoms with van der Waals surface area (Å²) >= 11 is 1.87. The predicted octanol–water partition coefficient (Wildman–Crippen LogP) is 13.7. The minimum absolute atomic E-state index is 0.914. The van der Waals surface area contributed by atoms with Gasteiger partial charge in [0.05, 0.1) is 27.1 Å². The van der Waals surface area contributed by atoms with Crippen LogP contribution in [0.4, 0.5) is 17.1 Å². The molecule has 0 radical (unpaired) electrons. The second-order valence-electron chi connectivity index (χ2n) is 12.9. The SMILES string of the molecule is c1ccc(-n2c3ccccc3c3c(N(c4ccc5c(ccc6oc7ccccc7c65)c4)c4cccc5c4sc4ccccc45)cccc32)cc1. The molecule has 50 heavy (non-hydrogen) atoms. The molecule has 0 unspecified atom stereocenters. The lowest BCUT2D eigenvalue weighted by Gasteiger charge is -2.27. The lowest BCUT2D eigenvalue weighted by atomic mass is 10.0. The van der Waals surface area contributed by atoms with Crippen LogP contribution in [0, 0.1) is 0 Å². The highest BCUT2D eigenvalue weighted by molar-refractivity contribution is 7.26. The van der Waals surface area contributed by atoms with Gasteiger partial charge in [-0.25, -0.2) is 0 Å². The van der Waals surface area contributed by atoms with Crippen molar-refractivity contribution >= 4 is 103 Å². The molecule has 0 aliphatic heterocycles. The minimum atomic E-state index is 0.914. The maximum absolute atomic E-state index is 6.27. The fourth-order valence-corrected chi connectivity index (χ4v) is 9.24. The summed E-state index contributed by atoms with van der Waals surface area (Å²) < 4.78 is 11.2. The zero-order valence-corrected chi connectivity index (χ0v) is 27.7. The summed E-state index contributed by atoms with van der Waals surface area (Å²) in [5, 5.41) is 9.69.